The van der Waals surface area contributed by atoms with Gasteiger partial charge in [0.05, 0.1) is 0 Å². The standard InChI is InChI=1S/C7H8Cl2N2OS/c1-7(8,9)5(12)11(2)6-10-3-4-13-6/h3-4H,1-2H3. The number of anilines is 1. The van der Waals surface area contributed by atoms with E-state index in [2.05, 4.69) is 4.98 Å². The fourth-order valence-electron chi connectivity index (χ4n) is 0.763. The summed E-state index contributed by atoms with van der Waals surface area (Å²) in [6.45, 7) is 1.43. The Morgan fingerprint density at radius 2 is 2.31 bits per heavy atom. The second-order valence-electron chi connectivity index (χ2n) is 2.57. The third-order valence-corrected chi connectivity index (χ3v) is 2.56. The summed E-state index contributed by atoms with van der Waals surface area (Å²) in [5, 5.41) is 2.36. The lowest BCUT2D eigenvalue weighted by Crippen LogP contribution is -2.37. The molecule has 0 radical (unpaired) electrons. The van der Waals surface area contributed by atoms with Crippen molar-refractivity contribution in [3.05, 3.63) is 11.6 Å². The molecular weight excluding hydrogens is 231 g/mol. The number of aromatic nitrogens is 1. The van der Waals surface area contributed by atoms with Crippen LogP contribution in [0.5, 0.6) is 0 Å². The molecule has 1 aromatic heterocycles. The van der Waals surface area contributed by atoms with Gasteiger partial charge in [-0.3, -0.25) is 9.69 Å². The molecule has 1 rings (SSSR count). The minimum Gasteiger partial charge on any atom is -0.289 e. The van der Waals surface area contributed by atoms with E-state index < -0.39 is 4.33 Å². The van der Waals surface area contributed by atoms with E-state index >= 15 is 0 Å². The van der Waals surface area contributed by atoms with Crippen LogP contribution in [0.3, 0.4) is 0 Å². The first-order chi connectivity index (χ1) is 5.93. The number of nitrogens with zero attached hydrogens (tertiary/aromatic N) is 2. The molecule has 0 fully saturated rings. The second kappa shape index (κ2) is 3.82. The predicted octanol–water partition coefficient (Wildman–Crippen LogP) is 2.30. The molecule has 0 aromatic carbocycles. The monoisotopic (exact) mass is 238 g/mol. The van der Waals surface area contributed by atoms with Crippen molar-refractivity contribution in [2.24, 2.45) is 0 Å². The van der Waals surface area contributed by atoms with Gasteiger partial charge >= 0.3 is 0 Å². The minimum atomic E-state index is -1.40. The second-order valence-corrected chi connectivity index (χ2v) is 5.15. The highest BCUT2D eigenvalue weighted by Gasteiger charge is 2.31. The van der Waals surface area contributed by atoms with Gasteiger partial charge in [-0.25, -0.2) is 4.98 Å². The highest BCUT2D eigenvalue weighted by atomic mass is 35.5. The van der Waals surface area contributed by atoms with E-state index in [1.165, 1.54) is 23.2 Å². The molecule has 3 nitrogen and oxygen atoms in total. The van der Waals surface area contributed by atoms with E-state index in [0.29, 0.717) is 5.13 Å². The molecule has 1 aromatic rings. The maximum atomic E-state index is 11.5. The van der Waals surface area contributed by atoms with E-state index in [1.807, 2.05) is 0 Å². The van der Waals surface area contributed by atoms with Crippen LogP contribution in [0.1, 0.15) is 6.92 Å². The Hall–Kier alpha value is -0.320. The maximum absolute atomic E-state index is 11.5. The number of alkyl halides is 2. The van der Waals surface area contributed by atoms with Gasteiger partial charge in [0.1, 0.15) is 0 Å². The molecule has 0 bridgehead atoms. The lowest BCUT2D eigenvalue weighted by atomic mass is 10.4. The van der Waals surface area contributed by atoms with E-state index in [0.717, 1.165) is 0 Å². The highest BCUT2D eigenvalue weighted by Crippen LogP contribution is 2.26. The highest BCUT2D eigenvalue weighted by molar-refractivity contribution is 7.13. The molecule has 0 aliphatic heterocycles. The van der Waals surface area contributed by atoms with Gasteiger partial charge in [-0.2, -0.15) is 0 Å². The van der Waals surface area contributed by atoms with Gasteiger partial charge in [-0.05, 0) is 6.92 Å². The Morgan fingerprint density at radius 1 is 1.69 bits per heavy atom. The Balaban J connectivity index is 2.81. The Kier molecular flexibility index (Phi) is 3.16. The van der Waals surface area contributed by atoms with Gasteiger partial charge in [0.25, 0.3) is 5.91 Å². The van der Waals surface area contributed by atoms with Crippen LogP contribution >= 0.6 is 34.5 Å². The number of thiazole rings is 1. The molecule has 0 saturated carbocycles. The van der Waals surface area contributed by atoms with Crippen LogP contribution in [0.4, 0.5) is 5.13 Å². The molecule has 1 heterocycles. The summed E-state index contributed by atoms with van der Waals surface area (Å²) in [5.41, 5.74) is 0. The minimum absolute atomic E-state index is 0.384. The van der Waals surface area contributed by atoms with Gasteiger partial charge in [-0.1, -0.05) is 23.2 Å². The van der Waals surface area contributed by atoms with Crippen LogP contribution in [0.2, 0.25) is 0 Å². The predicted molar refractivity (Wildman–Crippen MR) is 55.6 cm³/mol. The number of amides is 1. The van der Waals surface area contributed by atoms with Crippen molar-refractivity contribution in [2.45, 2.75) is 11.3 Å². The van der Waals surface area contributed by atoms with E-state index in [4.69, 9.17) is 23.2 Å². The smallest absolute Gasteiger partial charge is 0.264 e. The SMILES string of the molecule is CN(C(=O)C(C)(Cl)Cl)c1nccs1. The van der Waals surface area contributed by atoms with Crippen LogP contribution in [0.15, 0.2) is 11.6 Å². The zero-order chi connectivity index (χ0) is 10.1. The van der Waals surface area contributed by atoms with Crippen LogP contribution < -0.4 is 4.90 Å². The Labute approximate surface area is 90.3 Å². The lowest BCUT2D eigenvalue weighted by Gasteiger charge is -2.19. The van der Waals surface area contributed by atoms with E-state index in [9.17, 15) is 4.79 Å². The number of hydrogen-bond acceptors (Lipinski definition) is 3. The van der Waals surface area contributed by atoms with Crippen LogP contribution in [-0.4, -0.2) is 22.3 Å². The fourth-order valence-corrected chi connectivity index (χ4v) is 1.62. The first-order valence-electron chi connectivity index (χ1n) is 3.48. The summed E-state index contributed by atoms with van der Waals surface area (Å²) in [7, 11) is 1.59. The molecule has 0 spiro atoms. The average Bonchev–Trinajstić information content (AvgIpc) is 2.51. The fraction of sp³-hybridized carbons (Fsp3) is 0.429. The van der Waals surface area contributed by atoms with Crippen molar-refractivity contribution >= 4 is 45.6 Å². The molecule has 0 saturated heterocycles. The van der Waals surface area contributed by atoms with Crippen LogP contribution in [0, 0.1) is 0 Å². The summed E-state index contributed by atoms with van der Waals surface area (Å²) >= 11 is 12.6. The molecule has 1 amide bonds. The summed E-state index contributed by atoms with van der Waals surface area (Å²) < 4.78 is -1.40. The maximum Gasteiger partial charge on any atom is 0.264 e. The number of carbonyl (C=O) groups excluding carboxylic acids is 1. The molecule has 0 atom stereocenters. The Bertz CT molecular complexity index is 294. The van der Waals surface area contributed by atoms with Crippen molar-refractivity contribution in [1.82, 2.24) is 4.98 Å². The first kappa shape index (κ1) is 10.8. The number of rotatable bonds is 2. The molecule has 13 heavy (non-hydrogen) atoms. The van der Waals surface area contributed by atoms with Crippen molar-refractivity contribution in [2.75, 3.05) is 11.9 Å². The molecule has 72 valence electrons. The topological polar surface area (TPSA) is 33.2 Å². The van der Waals surface area contributed by atoms with Crippen molar-refractivity contribution in [3.8, 4) is 0 Å². The normalized spacial score (nSPS) is 11.4. The van der Waals surface area contributed by atoms with E-state index in [-0.39, 0.29) is 5.91 Å². The van der Waals surface area contributed by atoms with Crippen molar-refractivity contribution in [1.29, 1.82) is 0 Å². The molecule has 0 aliphatic carbocycles. The van der Waals surface area contributed by atoms with Gasteiger partial charge in [0.15, 0.2) is 9.46 Å². The van der Waals surface area contributed by atoms with Gasteiger partial charge in [0.2, 0.25) is 0 Å². The molecule has 0 N–H and O–H groups in total. The summed E-state index contributed by atoms with van der Waals surface area (Å²) in [4.78, 5) is 16.8. The average molecular weight is 239 g/mol. The van der Waals surface area contributed by atoms with Gasteiger partial charge in [0, 0.05) is 18.6 Å². The van der Waals surface area contributed by atoms with Crippen molar-refractivity contribution < 1.29 is 4.79 Å². The van der Waals surface area contributed by atoms with Gasteiger partial charge in [-0.15, -0.1) is 11.3 Å². The summed E-state index contributed by atoms with van der Waals surface area (Å²) in [6.07, 6.45) is 1.61. The third kappa shape index (κ3) is 2.56. The van der Waals surface area contributed by atoms with Gasteiger partial charge < -0.3 is 0 Å². The summed E-state index contributed by atoms with van der Waals surface area (Å²) in [6, 6.07) is 0. The zero-order valence-electron chi connectivity index (χ0n) is 7.12. The van der Waals surface area contributed by atoms with Crippen LogP contribution in [0.25, 0.3) is 0 Å². The molecule has 6 heteroatoms. The number of hydrogen-bond donors (Lipinski definition) is 0. The largest absolute Gasteiger partial charge is 0.289 e. The number of carbonyl (C=O) groups is 1. The van der Waals surface area contributed by atoms with E-state index in [1.54, 1.807) is 18.6 Å². The zero-order valence-corrected chi connectivity index (χ0v) is 9.45. The van der Waals surface area contributed by atoms with Crippen molar-refractivity contribution in [3.63, 3.8) is 0 Å². The molecule has 0 unspecified atom stereocenters. The first-order valence-corrected chi connectivity index (χ1v) is 5.12. The summed E-state index contributed by atoms with van der Waals surface area (Å²) in [5.74, 6) is -0.384. The quantitative estimate of drug-likeness (QED) is 0.742. The van der Waals surface area contributed by atoms with Crippen LogP contribution in [-0.2, 0) is 4.79 Å². The number of halogens is 2. The third-order valence-electron chi connectivity index (χ3n) is 1.39. The lowest BCUT2D eigenvalue weighted by molar-refractivity contribution is -0.118. The molecule has 0 aliphatic rings. The Morgan fingerprint density at radius 3 is 2.69 bits per heavy atom. The molecular formula is C7H8Cl2N2OS.